The number of aromatic nitrogens is 1. The van der Waals surface area contributed by atoms with Crippen LogP contribution >= 0.6 is 11.6 Å². The van der Waals surface area contributed by atoms with Gasteiger partial charge in [-0.15, -0.1) is 11.6 Å². The van der Waals surface area contributed by atoms with E-state index in [0.717, 1.165) is 25.7 Å². The molecule has 1 heterocycles. The number of carbonyl (C=O) groups is 1. The summed E-state index contributed by atoms with van der Waals surface area (Å²) in [4.78, 5) is 24.5. The van der Waals surface area contributed by atoms with Crippen LogP contribution in [0.4, 0.5) is 5.82 Å². The summed E-state index contributed by atoms with van der Waals surface area (Å²) in [5.74, 6) is 0.317. The van der Waals surface area contributed by atoms with E-state index in [2.05, 4.69) is 10.3 Å². The highest BCUT2D eigenvalue weighted by atomic mass is 35.5. The number of nitrogens with zero attached hydrogens (tertiary/aromatic N) is 1. The van der Waals surface area contributed by atoms with Crippen LogP contribution in [-0.2, 0) is 0 Å². The van der Waals surface area contributed by atoms with Crippen molar-refractivity contribution < 1.29 is 9.72 Å². The average molecular weight is 286 g/mol. The van der Waals surface area contributed by atoms with E-state index in [4.69, 9.17) is 11.6 Å². The number of rotatable bonds is 4. The molecule has 0 saturated heterocycles. The molecule has 1 saturated carbocycles. The van der Waals surface area contributed by atoms with Crippen LogP contribution < -0.4 is 5.32 Å². The highest BCUT2D eigenvalue weighted by Crippen LogP contribution is 2.25. The van der Waals surface area contributed by atoms with E-state index in [1.807, 2.05) is 0 Å². The third-order valence-corrected chi connectivity index (χ3v) is 3.93. The standard InChI is InChI=1S/C12H16ClN3O3/c13-7-8-3-1-2-4-9(8)15-12(17)10-5-6-11(14-10)16(18)19/h5-6,8-9,14H,1-4,7H2,(H,15,17). The molecule has 1 aromatic heterocycles. The molecule has 2 rings (SSSR count). The van der Waals surface area contributed by atoms with Gasteiger partial charge in [0.25, 0.3) is 5.91 Å². The minimum absolute atomic E-state index is 0.0566. The van der Waals surface area contributed by atoms with E-state index in [1.165, 1.54) is 12.1 Å². The van der Waals surface area contributed by atoms with E-state index < -0.39 is 4.92 Å². The predicted octanol–water partition coefficient (Wildman–Crippen LogP) is 2.45. The summed E-state index contributed by atoms with van der Waals surface area (Å²) in [6, 6.07) is 2.77. The number of amides is 1. The van der Waals surface area contributed by atoms with Crippen LogP contribution in [0.2, 0.25) is 0 Å². The van der Waals surface area contributed by atoms with Gasteiger partial charge < -0.3 is 15.4 Å². The maximum Gasteiger partial charge on any atom is 0.321 e. The molecular weight excluding hydrogens is 270 g/mol. The monoisotopic (exact) mass is 285 g/mol. The summed E-state index contributed by atoms with van der Waals surface area (Å²) >= 11 is 5.90. The molecule has 1 amide bonds. The number of hydrogen-bond acceptors (Lipinski definition) is 3. The van der Waals surface area contributed by atoms with Crippen molar-refractivity contribution >= 4 is 23.3 Å². The summed E-state index contributed by atoms with van der Waals surface area (Å²) in [5, 5.41) is 13.5. The Morgan fingerprint density at radius 1 is 1.47 bits per heavy atom. The Morgan fingerprint density at radius 2 is 2.21 bits per heavy atom. The molecule has 0 radical (unpaired) electrons. The fourth-order valence-electron chi connectivity index (χ4n) is 2.45. The number of nitrogens with one attached hydrogen (secondary N) is 2. The number of aromatic amines is 1. The van der Waals surface area contributed by atoms with E-state index in [9.17, 15) is 14.9 Å². The Hall–Kier alpha value is -1.56. The maximum absolute atomic E-state index is 12.0. The second kappa shape index (κ2) is 6.06. The van der Waals surface area contributed by atoms with Crippen molar-refractivity contribution in [3.8, 4) is 0 Å². The van der Waals surface area contributed by atoms with Crippen molar-refractivity contribution in [2.75, 3.05) is 5.88 Å². The Kier molecular flexibility index (Phi) is 4.42. The normalized spacial score (nSPS) is 23.0. The molecule has 1 aliphatic rings. The lowest BCUT2D eigenvalue weighted by atomic mass is 9.85. The molecule has 0 aliphatic heterocycles. The summed E-state index contributed by atoms with van der Waals surface area (Å²) in [5.41, 5.74) is 0.214. The molecule has 104 valence electrons. The van der Waals surface area contributed by atoms with E-state index >= 15 is 0 Å². The average Bonchev–Trinajstić information content (AvgIpc) is 2.89. The molecule has 0 aromatic carbocycles. The van der Waals surface area contributed by atoms with Gasteiger partial charge in [-0.3, -0.25) is 4.79 Å². The third-order valence-electron chi connectivity index (χ3n) is 3.54. The molecule has 7 heteroatoms. The number of hydrogen-bond donors (Lipinski definition) is 2. The molecule has 0 spiro atoms. The lowest BCUT2D eigenvalue weighted by molar-refractivity contribution is -0.389. The summed E-state index contributed by atoms with van der Waals surface area (Å²) in [7, 11) is 0. The highest BCUT2D eigenvalue weighted by Gasteiger charge is 2.27. The van der Waals surface area contributed by atoms with Crippen LogP contribution in [0.5, 0.6) is 0 Å². The molecule has 2 unspecified atom stereocenters. The lowest BCUT2D eigenvalue weighted by Crippen LogP contribution is -2.42. The molecule has 0 bridgehead atoms. The zero-order valence-corrected chi connectivity index (χ0v) is 11.2. The fraction of sp³-hybridized carbons (Fsp3) is 0.583. The van der Waals surface area contributed by atoms with E-state index in [0.29, 0.717) is 5.88 Å². The molecule has 6 nitrogen and oxygen atoms in total. The van der Waals surface area contributed by atoms with Crippen molar-refractivity contribution in [3.63, 3.8) is 0 Å². The van der Waals surface area contributed by atoms with Gasteiger partial charge in [-0.2, -0.15) is 0 Å². The summed E-state index contributed by atoms with van der Waals surface area (Å²) < 4.78 is 0. The van der Waals surface area contributed by atoms with Crippen molar-refractivity contribution in [2.45, 2.75) is 31.7 Å². The van der Waals surface area contributed by atoms with Gasteiger partial charge in [0.1, 0.15) is 0 Å². The number of halogens is 1. The zero-order chi connectivity index (χ0) is 13.8. The minimum Gasteiger partial charge on any atom is -0.358 e. The fourth-order valence-corrected chi connectivity index (χ4v) is 2.82. The number of nitro groups is 1. The van der Waals surface area contributed by atoms with Crippen LogP contribution in [0.3, 0.4) is 0 Å². The largest absolute Gasteiger partial charge is 0.358 e. The van der Waals surface area contributed by atoms with E-state index in [-0.39, 0.29) is 29.4 Å². The molecule has 2 atom stereocenters. The van der Waals surface area contributed by atoms with Gasteiger partial charge in [0, 0.05) is 18.0 Å². The first-order chi connectivity index (χ1) is 9.11. The number of carbonyl (C=O) groups excluding carboxylic acids is 1. The Morgan fingerprint density at radius 3 is 2.84 bits per heavy atom. The SMILES string of the molecule is O=C(NC1CCCCC1CCl)c1ccc([N+](=O)[O-])[nH]1. The van der Waals surface area contributed by atoms with Gasteiger partial charge in [-0.1, -0.05) is 12.8 Å². The summed E-state index contributed by atoms with van der Waals surface area (Å²) in [6.45, 7) is 0. The van der Waals surface area contributed by atoms with E-state index in [1.54, 1.807) is 0 Å². The van der Waals surface area contributed by atoms with Gasteiger partial charge in [0.2, 0.25) is 0 Å². The van der Waals surface area contributed by atoms with Gasteiger partial charge in [0.15, 0.2) is 5.69 Å². The summed E-state index contributed by atoms with van der Waals surface area (Å²) in [6.07, 6.45) is 4.13. The molecule has 2 N–H and O–H groups in total. The molecule has 1 fully saturated rings. The first-order valence-corrected chi connectivity index (χ1v) is 6.85. The Labute approximate surface area is 115 Å². The van der Waals surface area contributed by atoms with Crippen molar-refractivity contribution in [3.05, 3.63) is 27.9 Å². The van der Waals surface area contributed by atoms with Crippen LogP contribution in [0.15, 0.2) is 12.1 Å². The van der Waals surface area contributed by atoms with Gasteiger partial charge in [0.05, 0.1) is 0 Å². The van der Waals surface area contributed by atoms with Crippen LogP contribution in [-0.4, -0.2) is 27.7 Å². The third kappa shape index (κ3) is 3.26. The quantitative estimate of drug-likeness (QED) is 0.506. The minimum atomic E-state index is -0.557. The van der Waals surface area contributed by atoms with Crippen LogP contribution in [0.25, 0.3) is 0 Å². The van der Waals surface area contributed by atoms with Crippen molar-refractivity contribution in [1.82, 2.24) is 10.3 Å². The van der Waals surface area contributed by atoms with Crippen LogP contribution in [0.1, 0.15) is 36.2 Å². The maximum atomic E-state index is 12.0. The second-order valence-electron chi connectivity index (χ2n) is 4.79. The first kappa shape index (κ1) is 13.9. The van der Waals surface area contributed by atoms with Crippen molar-refractivity contribution in [2.24, 2.45) is 5.92 Å². The first-order valence-electron chi connectivity index (χ1n) is 6.32. The van der Waals surface area contributed by atoms with Gasteiger partial charge >= 0.3 is 5.82 Å². The molecule has 1 aliphatic carbocycles. The Bertz CT molecular complexity index is 475. The van der Waals surface area contributed by atoms with Gasteiger partial charge in [-0.05, 0) is 29.7 Å². The smallest absolute Gasteiger partial charge is 0.321 e. The van der Waals surface area contributed by atoms with Crippen molar-refractivity contribution in [1.29, 1.82) is 0 Å². The Balaban J connectivity index is 2.01. The lowest BCUT2D eigenvalue weighted by Gasteiger charge is -2.30. The highest BCUT2D eigenvalue weighted by molar-refractivity contribution is 6.18. The predicted molar refractivity (Wildman–Crippen MR) is 71.4 cm³/mol. The zero-order valence-electron chi connectivity index (χ0n) is 10.4. The number of H-pyrrole nitrogens is 1. The molecule has 19 heavy (non-hydrogen) atoms. The molecule has 1 aromatic rings. The molecular formula is C12H16ClN3O3. The number of alkyl halides is 1. The second-order valence-corrected chi connectivity index (χ2v) is 5.10. The topological polar surface area (TPSA) is 88.0 Å². The van der Waals surface area contributed by atoms with Gasteiger partial charge in [-0.25, -0.2) is 4.98 Å². The van der Waals surface area contributed by atoms with Crippen LogP contribution in [0, 0.1) is 16.0 Å².